The molecule has 3 aromatic rings. The zero-order valence-electron chi connectivity index (χ0n) is 14.5. The van der Waals surface area contributed by atoms with Crippen molar-refractivity contribution in [2.75, 3.05) is 0 Å². The van der Waals surface area contributed by atoms with E-state index >= 15 is 0 Å². The first-order valence-electron chi connectivity index (χ1n) is 8.27. The highest BCUT2D eigenvalue weighted by Crippen LogP contribution is 2.36. The van der Waals surface area contributed by atoms with Crippen LogP contribution < -0.4 is 4.74 Å². The maximum Gasteiger partial charge on any atom is 0.269 e. The Bertz CT molecular complexity index is 936. The molecule has 0 amide bonds. The maximum absolute atomic E-state index is 10.7. The Labute approximate surface area is 157 Å². The summed E-state index contributed by atoms with van der Waals surface area (Å²) in [4.78, 5) is 10.3. The van der Waals surface area contributed by atoms with Crippen molar-refractivity contribution in [3.8, 4) is 22.6 Å². The maximum atomic E-state index is 10.7. The van der Waals surface area contributed by atoms with Gasteiger partial charge in [0.05, 0.1) is 9.95 Å². The monoisotopic (exact) mass is 367 g/mol. The summed E-state index contributed by atoms with van der Waals surface area (Å²) in [6, 6.07) is 19.8. The molecule has 0 saturated carbocycles. The molecule has 3 aromatic carbocycles. The number of nitrogens with zero attached hydrogens (tertiary/aromatic N) is 1. The highest BCUT2D eigenvalue weighted by Gasteiger charge is 2.11. The number of ether oxygens (including phenoxy) is 1. The van der Waals surface area contributed by atoms with E-state index in [9.17, 15) is 10.1 Å². The van der Waals surface area contributed by atoms with Crippen LogP contribution in [0.4, 0.5) is 5.69 Å². The highest BCUT2D eigenvalue weighted by molar-refractivity contribution is 6.32. The van der Waals surface area contributed by atoms with Crippen molar-refractivity contribution in [3.63, 3.8) is 0 Å². The predicted octanol–water partition coefficient (Wildman–Crippen LogP) is 6.83. The molecule has 0 atom stereocenters. The average Bonchev–Trinajstić information content (AvgIpc) is 2.64. The van der Waals surface area contributed by atoms with Gasteiger partial charge in [-0.15, -0.1) is 0 Å². The molecule has 0 unspecified atom stereocenters. The fourth-order valence-corrected chi connectivity index (χ4v) is 3.00. The van der Waals surface area contributed by atoms with Crippen LogP contribution in [-0.4, -0.2) is 4.92 Å². The van der Waals surface area contributed by atoms with Gasteiger partial charge in [0.25, 0.3) is 5.69 Å². The van der Waals surface area contributed by atoms with Crippen LogP contribution in [0.1, 0.15) is 25.3 Å². The highest BCUT2D eigenvalue weighted by atomic mass is 35.5. The largest absolute Gasteiger partial charge is 0.456 e. The second-order valence-electron chi connectivity index (χ2n) is 6.24. The minimum Gasteiger partial charge on any atom is -0.456 e. The molecule has 0 saturated heterocycles. The van der Waals surface area contributed by atoms with E-state index in [2.05, 4.69) is 26.0 Å². The first-order chi connectivity index (χ1) is 12.5. The van der Waals surface area contributed by atoms with Crippen molar-refractivity contribution < 1.29 is 9.66 Å². The van der Waals surface area contributed by atoms with Crippen LogP contribution in [0.25, 0.3) is 11.1 Å². The van der Waals surface area contributed by atoms with Crippen molar-refractivity contribution in [1.82, 2.24) is 0 Å². The summed E-state index contributed by atoms with van der Waals surface area (Å²) >= 11 is 6.41. The zero-order chi connectivity index (χ0) is 18.7. The topological polar surface area (TPSA) is 52.4 Å². The smallest absolute Gasteiger partial charge is 0.269 e. The molecule has 0 spiro atoms. The lowest BCUT2D eigenvalue weighted by Gasteiger charge is -2.14. The predicted molar refractivity (Wildman–Crippen MR) is 104 cm³/mol. The van der Waals surface area contributed by atoms with E-state index in [1.807, 2.05) is 30.3 Å². The molecule has 0 aromatic heterocycles. The number of rotatable bonds is 5. The molecule has 4 nitrogen and oxygen atoms in total. The van der Waals surface area contributed by atoms with Gasteiger partial charge in [-0.2, -0.15) is 0 Å². The molecular formula is C21H18ClNO3. The summed E-state index contributed by atoms with van der Waals surface area (Å²) in [6.07, 6.45) is 0. The standard InChI is InChI=1S/C21H18ClNO3/c1-14(2)18-5-3-4-6-19(18)15-7-12-21(20(22)13-15)26-17-10-8-16(9-11-17)23(24)25/h3-14H,1-2H3. The Morgan fingerprint density at radius 2 is 1.69 bits per heavy atom. The van der Waals surface area contributed by atoms with Crippen molar-refractivity contribution >= 4 is 17.3 Å². The lowest BCUT2D eigenvalue weighted by atomic mass is 9.93. The van der Waals surface area contributed by atoms with Gasteiger partial charge in [-0.25, -0.2) is 0 Å². The number of halogens is 1. The van der Waals surface area contributed by atoms with Gasteiger partial charge in [0.15, 0.2) is 0 Å². The summed E-state index contributed by atoms with van der Waals surface area (Å²) in [7, 11) is 0. The van der Waals surface area contributed by atoms with Crippen LogP contribution >= 0.6 is 11.6 Å². The molecule has 0 aliphatic carbocycles. The summed E-state index contributed by atoms with van der Waals surface area (Å²) in [5.41, 5.74) is 3.44. The van der Waals surface area contributed by atoms with Crippen LogP contribution in [0.3, 0.4) is 0 Å². The number of hydrogen-bond acceptors (Lipinski definition) is 3. The zero-order valence-corrected chi connectivity index (χ0v) is 15.2. The van der Waals surface area contributed by atoms with E-state index in [1.54, 1.807) is 12.1 Å². The van der Waals surface area contributed by atoms with Crippen LogP contribution in [0, 0.1) is 10.1 Å². The van der Waals surface area contributed by atoms with Crippen LogP contribution in [0.2, 0.25) is 5.02 Å². The quantitative estimate of drug-likeness (QED) is 0.366. The SMILES string of the molecule is CC(C)c1ccccc1-c1ccc(Oc2ccc([N+](=O)[O-])cc2)c(Cl)c1. The lowest BCUT2D eigenvalue weighted by molar-refractivity contribution is -0.384. The summed E-state index contributed by atoms with van der Waals surface area (Å²) < 4.78 is 5.76. The minimum absolute atomic E-state index is 0.0177. The van der Waals surface area contributed by atoms with Crippen LogP contribution in [0.15, 0.2) is 66.7 Å². The average molecular weight is 368 g/mol. The molecule has 0 aliphatic heterocycles. The first kappa shape index (κ1) is 18.0. The van der Waals surface area contributed by atoms with Gasteiger partial charge in [-0.05, 0) is 46.9 Å². The number of nitro groups is 1. The molecular weight excluding hydrogens is 350 g/mol. The number of benzene rings is 3. The van der Waals surface area contributed by atoms with Gasteiger partial charge in [-0.1, -0.05) is 55.8 Å². The van der Waals surface area contributed by atoms with E-state index < -0.39 is 4.92 Å². The summed E-state index contributed by atoms with van der Waals surface area (Å²) in [6.45, 7) is 4.32. The molecule has 132 valence electrons. The summed E-state index contributed by atoms with van der Waals surface area (Å²) in [5, 5.41) is 11.2. The molecule has 0 bridgehead atoms. The number of nitro benzene ring substituents is 1. The molecule has 0 fully saturated rings. The third-order valence-corrected chi connectivity index (χ3v) is 4.40. The van der Waals surface area contributed by atoms with E-state index in [0.717, 1.165) is 11.1 Å². The van der Waals surface area contributed by atoms with Crippen LogP contribution in [-0.2, 0) is 0 Å². The van der Waals surface area contributed by atoms with Gasteiger partial charge in [0, 0.05) is 12.1 Å². The first-order valence-corrected chi connectivity index (χ1v) is 8.64. The van der Waals surface area contributed by atoms with Crippen LogP contribution in [0.5, 0.6) is 11.5 Å². The van der Waals surface area contributed by atoms with Gasteiger partial charge >= 0.3 is 0 Å². The molecule has 0 radical (unpaired) electrons. The third-order valence-electron chi connectivity index (χ3n) is 4.10. The minimum atomic E-state index is -0.447. The van der Waals surface area contributed by atoms with Gasteiger partial charge in [0.1, 0.15) is 11.5 Å². The Morgan fingerprint density at radius 3 is 2.31 bits per heavy atom. The molecule has 0 heterocycles. The molecule has 0 aliphatic rings. The Morgan fingerprint density at radius 1 is 1.00 bits per heavy atom. The van der Waals surface area contributed by atoms with Crippen molar-refractivity contribution in [1.29, 1.82) is 0 Å². The van der Waals surface area contributed by atoms with Crippen molar-refractivity contribution in [3.05, 3.63) is 87.4 Å². The van der Waals surface area contributed by atoms with Crippen molar-refractivity contribution in [2.45, 2.75) is 19.8 Å². The molecule has 5 heteroatoms. The van der Waals surface area contributed by atoms with E-state index in [0.29, 0.717) is 22.4 Å². The van der Waals surface area contributed by atoms with E-state index in [1.165, 1.54) is 17.7 Å². The van der Waals surface area contributed by atoms with Gasteiger partial charge < -0.3 is 4.74 Å². The van der Waals surface area contributed by atoms with E-state index in [4.69, 9.17) is 16.3 Å². The Hall–Kier alpha value is -2.85. The second-order valence-corrected chi connectivity index (χ2v) is 6.65. The van der Waals surface area contributed by atoms with Gasteiger partial charge in [0.2, 0.25) is 0 Å². The number of hydrogen-bond donors (Lipinski definition) is 0. The fraction of sp³-hybridized carbons (Fsp3) is 0.143. The third kappa shape index (κ3) is 3.86. The Kier molecular flexibility index (Phi) is 5.24. The fourth-order valence-electron chi connectivity index (χ4n) is 2.78. The molecule has 3 rings (SSSR count). The normalized spacial score (nSPS) is 10.8. The number of non-ortho nitro benzene ring substituents is 1. The van der Waals surface area contributed by atoms with E-state index in [-0.39, 0.29) is 5.69 Å². The molecule has 0 N–H and O–H groups in total. The molecule has 26 heavy (non-hydrogen) atoms. The van der Waals surface area contributed by atoms with Gasteiger partial charge in [-0.3, -0.25) is 10.1 Å². The Balaban J connectivity index is 1.87. The lowest BCUT2D eigenvalue weighted by Crippen LogP contribution is -1.93. The van der Waals surface area contributed by atoms with Crippen molar-refractivity contribution in [2.24, 2.45) is 0 Å². The summed E-state index contributed by atoms with van der Waals surface area (Å²) in [5.74, 6) is 1.40. The second kappa shape index (κ2) is 7.58.